The van der Waals surface area contributed by atoms with Gasteiger partial charge in [0, 0.05) is 35.6 Å². The van der Waals surface area contributed by atoms with Crippen LogP contribution in [0.2, 0.25) is 0 Å². The molecule has 2 rings (SSSR count). The number of nitrogens with two attached hydrogens (primary N) is 1. The van der Waals surface area contributed by atoms with Gasteiger partial charge in [0.1, 0.15) is 0 Å². The number of hydrogen-bond donors (Lipinski definition) is 1. The van der Waals surface area contributed by atoms with Crippen LogP contribution in [0.3, 0.4) is 0 Å². The molecule has 0 aliphatic rings. The van der Waals surface area contributed by atoms with Crippen molar-refractivity contribution >= 4 is 11.5 Å². The molecule has 0 saturated carbocycles. The van der Waals surface area contributed by atoms with Crippen LogP contribution in [0.5, 0.6) is 0 Å². The minimum atomic E-state index is -1.04. The van der Waals surface area contributed by atoms with Gasteiger partial charge in [0.25, 0.3) is 0 Å². The second-order valence-electron chi connectivity index (χ2n) is 3.80. The van der Waals surface area contributed by atoms with Crippen LogP contribution < -0.4 is 5.73 Å². The van der Waals surface area contributed by atoms with E-state index >= 15 is 0 Å². The van der Waals surface area contributed by atoms with E-state index < -0.39 is 11.6 Å². The van der Waals surface area contributed by atoms with Crippen molar-refractivity contribution < 1.29 is 13.6 Å². The molecule has 0 atom stereocenters. The third-order valence-corrected chi connectivity index (χ3v) is 2.53. The predicted octanol–water partition coefficient (Wildman–Crippen LogP) is 2.37. The van der Waals surface area contributed by atoms with Gasteiger partial charge < -0.3 is 5.73 Å². The summed E-state index contributed by atoms with van der Waals surface area (Å²) in [6, 6.07) is 4.63. The van der Waals surface area contributed by atoms with Crippen molar-refractivity contribution in [3.8, 4) is 0 Å². The summed E-state index contributed by atoms with van der Waals surface area (Å²) >= 11 is 0. The number of nitrogen functional groups attached to an aromatic ring is 1. The number of Topliss-reactive ketones (excluding diaryl/α,β-unsaturated/α-hetero) is 1. The molecule has 0 radical (unpaired) electrons. The lowest BCUT2D eigenvalue weighted by molar-refractivity contribution is 0.0992. The topological polar surface area (TPSA) is 56.0 Å². The van der Waals surface area contributed by atoms with Crippen LogP contribution >= 0.6 is 0 Å². The Kier molecular flexibility index (Phi) is 3.32. The van der Waals surface area contributed by atoms with E-state index in [1.54, 1.807) is 6.07 Å². The molecule has 92 valence electrons. The summed E-state index contributed by atoms with van der Waals surface area (Å²) in [4.78, 5) is 15.7. The minimum absolute atomic E-state index is 0.00471. The molecule has 5 heteroatoms. The highest BCUT2D eigenvalue weighted by atomic mass is 19.2. The summed E-state index contributed by atoms with van der Waals surface area (Å²) in [5.74, 6) is -2.36. The molecule has 0 spiro atoms. The summed E-state index contributed by atoms with van der Waals surface area (Å²) < 4.78 is 25.7. The molecule has 0 aliphatic heterocycles. The van der Waals surface area contributed by atoms with Gasteiger partial charge in [-0.05, 0) is 24.3 Å². The van der Waals surface area contributed by atoms with Crippen LogP contribution in [-0.4, -0.2) is 10.8 Å². The lowest BCUT2D eigenvalue weighted by Crippen LogP contribution is -2.07. The number of ketones is 1. The third kappa shape index (κ3) is 2.51. The molecule has 1 heterocycles. The largest absolute Gasteiger partial charge is 0.398 e. The highest BCUT2D eigenvalue weighted by Gasteiger charge is 2.12. The monoisotopic (exact) mass is 248 g/mol. The molecular formula is C13H10F2N2O. The summed E-state index contributed by atoms with van der Waals surface area (Å²) in [6.07, 6.45) is 3.00. The van der Waals surface area contributed by atoms with Crippen molar-refractivity contribution in [2.24, 2.45) is 0 Å². The van der Waals surface area contributed by atoms with Crippen LogP contribution in [0.4, 0.5) is 14.5 Å². The Morgan fingerprint density at radius 2 is 2.00 bits per heavy atom. The fraction of sp³-hybridized carbons (Fsp3) is 0.0769. The Morgan fingerprint density at radius 1 is 1.22 bits per heavy atom. The van der Waals surface area contributed by atoms with Crippen LogP contribution in [-0.2, 0) is 6.42 Å². The van der Waals surface area contributed by atoms with Crippen LogP contribution in [0.15, 0.2) is 36.7 Å². The lowest BCUT2D eigenvalue weighted by Gasteiger charge is -2.04. The lowest BCUT2D eigenvalue weighted by atomic mass is 10.0. The number of hydrogen-bond acceptors (Lipinski definition) is 3. The van der Waals surface area contributed by atoms with Gasteiger partial charge in [-0.3, -0.25) is 9.78 Å². The zero-order valence-corrected chi connectivity index (χ0v) is 9.36. The van der Waals surface area contributed by atoms with E-state index in [-0.39, 0.29) is 17.8 Å². The van der Waals surface area contributed by atoms with Gasteiger partial charge in [-0.15, -0.1) is 0 Å². The molecule has 1 aromatic carbocycles. The van der Waals surface area contributed by atoms with Gasteiger partial charge in [-0.2, -0.15) is 0 Å². The third-order valence-electron chi connectivity index (χ3n) is 2.53. The first-order valence-electron chi connectivity index (χ1n) is 5.24. The summed E-state index contributed by atoms with van der Waals surface area (Å²) in [7, 11) is 0. The maximum atomic E-state index is 13.0. The van der Waals surface area contributed by atoms with Crippen molar-refractivity contribution in [2.45, 2.75) is 6.42 Å². The molecule has 2 N–H and O–H groups in total. The average molecular weight is 248 g/mol. The zero-order chi connectivity index (χ0) is 13.1. The average Bonchev–Trinajstić information content (AvgIpc) is 2.35. The van der Waals surface area contributed by atoms with Crippen LogP contribution in [0.25, 0.3) is 0 Å². The molecule has 0 aliphatic carbocycles. The number of benzene rings is 1. The molecule has 0 bridgehead atoms. The molecule has 0 amide bonds. The standard InChI is InChI=1S/C13H10F2N2O/c14-10-2-1-8(5-11(10)15)13(18)6-9-7-17-4-3-12(9)16/h1-5,7H,6H2,(H2,16,17). The number of pyridine rings is 1. The maximum Gasteiger partial charge on any atom is 0.167 e. The minimum Gasteiger partial charge on any atom is -0.398 e. The molecule has 1 aromatic heterocycles. The molecule has 0 unspecified atom stereocenters. The molecule has 0 fully saturated rings. The fourth-order valence-corrected chi connectivity index (χ4v) is 1.53. The van der Waals surface area contributed by atoms with E-state index in [0.717, 1.165) is 12.1 Å². The van der Waals surface area contributed by atoms with Gasteiger partial charge in [-0.1, -0.05) is 0 Å². The first-order chi connectivity index (χ1) is 8.58. The maximum absolute atomic E-state index is 13.0. The van der Waals surface area contributed by atoms with Gasteiger partial charge in [0.15, 0.2) is 17.4 Å². The Labute approximate surface area is 102 Å². The van der Waals surface area contributed by atoms with E-state index in [2.05, 4.69) is 4.98 Å². The Hall–Kier alpha value is -2.30. The van der Waals surface area contributed by atoms with Crippen molar-refractivity contribution in [3.05, 3.63) is 59.4 Å². The molecule has 2 aromatic rings. The highest BCUT2D eigenvalue weighted by molar-refractivity contribution is 5.98. The van der Waals surface area contributed by atoms with Crippen LogP contribution in [0.1, 0.15) is 15.9 Å². The van der Waals surface area contributed by atoms with Gasteiger partial charge in [-0.25, -0.2) is 8.78 Å². The SMILES string of the molecule is Nc1ccncc1CC(=O)c1ccc(F)c(F)c1. The number of anilines is 1. The number of rotatable bonds is 3. The predicted molar refractivity (Wildman–Crippen MR) is 63.0 cm³/mol. The smallest absolute Gasteiger partial charge is 0.167 e. The van der Waals surface area contributed by atoms with E-state index in [0.29, 0.717) is 11.3 Å². The number of aromatic nitrogens is 1. The Balaban J connectivity index is 2.22. The first kappa shape index (κ1) is 12.2. The van der Waals surface area contributed by atoms with Gasteiger partial charge in [0.2, 0.25) is 0 Å². The fourth-order valence-electron chi connectivity index (χ4n) is 1.53. The number of carbonyl (C=O) groups is 1. The molecule has 0 saturated heterocycles. The normalized spacial score (nSPS) is 10.3. The van der Waals surface area contributed by atoms with Crippen LogP contribution in [0, 0.1) is 11.6 Å². The van der Waals surface area contributed by atoms with E-state index in [1.807, 2.05) is 0 Å². The van der Waals surface area contributed by atoms with Crippen molar-refractivity contribution in [3.63, 3.8) is 0 Å². The van der Waals surface area contributed by atoms with Gasteiger partial charge in [0.05, 0.1) is 0 Å². The van der Waals surface area contributed by atoms with E-state index in [4.69, 9.17) is 5.73 Å². The highest BCUT2D eigenvalue weighted by Crippen LogP contribution is 2.14. The van der Waals surface area contributed by atoms with Crippen molar-refractivity contribution in [2.75, 3.05) is 5.73 Å². The Morgan fingerprint density at radius 3 is 2.67 bits per heavy atom. The zero-order valence-electron chi connectivity index (χ0n) is 9.36. The quantitative estimate of drug-likeness (QED) is 0.848. The molecule has 3 nitrogen and oxygen atoms in total. The number of carbonyl (C=O) groups excluding carboxylic acids is 1. The van der Waals surface area contributed by atoms with Crippen molar-refractivity contribution in [1.82, 2.24) is 4.98 Å². The second-order valence-corrected chi connectivity index (χ2v) is 3.80. The summed E-state index contributed by atoms with van der Waals surface area (Å²) in [5, 5.41) is 0. The summed E-state index contributed by atoms with van der Waals surface area (Å²) in [6.45, 7) is 0. The number of nitrogens with zero attached hydrogens (tertiary/aromatic N) is 1. The number of halogens is 2. The van der Waals surface area contributed by atoms with Crippen molar-refractivity contribution in [1.29, 1.82) is 0 Å². The summed E-state index contributed by atoms with van der Waals surface area (Å²) in [5.41, 5.74) is 6.79. The Bertz CT molecular complexity index is 599. The first-order valence-corrected chi connectivity index (χ1v) is 5.24. The molecular weight excluding hydrogens is 238 g/mol. The van der Waals surface area contributed by atoms with E-state index in [1.165, 1.54) is 18.5 Å². The van der Waals surface area contributed by atoms with Gasteiger partial charge >= 0.3 is 0 Å². The molecule has 18 heavy (non-hydrogen) atoms. The van der Waals surface area contributed by atoms with E-state index in [9.17, 15) is 13.6 Å². The second kappa shape index (κ2) is 4.91.